The molecule has 5 heterocycles. The summed E-state index contributed by atoms with van der Waals surface area (Å²) in [6.45, 7) is 0. The summed E-state index contributed by atoms with van der Waals surface area (Å²) in [6, 6.07) is 43.6. The predicted octanol–water partition coefficient (Wildman–Crippen LogP) is 9.78. The Labute approximate surface area is 264 Å². The monoisotopic (exact) mass is 591 g/mol. The maximum atomic E-state index is 6.48. The van der Waals surface area contributed by atoms with E-state index in [0.29, 0.717) is 5.89 Å². The van der Waals surface area contributed by atoms with E-state index in [1.165, 1.54) is 0 Å². The third-order valence-corrected chi connectivity index (χ3v) is 8.43. The van der Waals surface area contributed by atoms with E-state index in [-0.39, 0.29) is 0 Å². The normalized spacial score (nSPS) is 11.5. The molecule has 0 radical (unpaired) electrons. The van der Waals surface area contributed by atoms with Gasteiger partial charge in [-0.15, -0.1) is 0 Å². The lowest BCUT2D eigenvalue weighted by atomic mass is 10.0. The third kappa shape index (κ3) is 4.35. The van der Waals surface area contributed by atoms with Crippen LogP contribution < -0.4 is 0 Å². The summed E-state index contributed by atoms with van der Waals surface area (Å²) in [6.07, 6.45) is 7.23. The molecular weight excluding hydrogens is 566 g/mol. The van der Waals surface area contributed by atoms with Crippen LogP contribution in [0.15, 0.2) is 157 Å². The quantitative estimate of drug-likeness (QED) is 0.199. The van der Waals surface area contributed by atoms with Gasteiger partial charge in [-0.3, -0.25) is 9.97 Å². The lowest BCUT2D eigenvalue weighted by Crippen LogP contribution is -1.96. The Morgan fingerprint density at radius 1 is 0.478 bits per heavy atom. The van der Waals surface area contributed by atoms with Gasteiger partial charge in [0, 0.05) is 52.6 Å². The molecule has 0 saturated carbocycles. The number of aromatic nitrogens is 5. The summed E-state index contributed by atoms with van der Waals surface area (Å²) < 4.78 is 8.79. The van der Waals surface area contributed by atoms with Crippen molar-refractivity contribution in [3.8, 4) is 50.8 Å². The Hall–Kier alpha value is -6.40. The van der Waals surface area contributed by atoms with Crippen LogP contribution in [0.4, 0.5) is 0 Å². The molecule has 0 N–H and O–H groups in total. The van der Waals surface area contributed by atoms with Crippen LogP contribution in [0, 0.1) is 0 Å². The number of benzene rings is 4. The Morgan fingerprint density at radius 2 is 1.17 bits per heavy atom. The van der Waals surface area contributed by atoms with Crippen molar-refractivity contribution in [3.05, 3.63) is 152 Å². The highest BCUT2D eigenvalue weighted by Gasteiger charge is 2.19. The molecule has 6 heteroatoms. The minimum atomic E-state index is 0.618. The zero-order chi connectivity index (χ0) is 30.5. The fourth-order valence-corrected chi connectivity index (χ4v) is 6.28. The summed E-state index contributed by atoms with van der Waals surface area (Å²) >= 11 is 0. The first-order valence-electron chi connectivity index (χ1n) is 15.1. The molecule has 0 spiro atoms. The molecule has 0 bridgehead atoms. The maximum absolute atomic E-state index is 6.48. The minimum absolute atomic E-state index is 0.618. The highest BCUT2D eigenvalue weighted by Crippen LogP contribution is 2.39. The van der Waals surface area contributed by atoms with E-state index in [1.807, 2.05) is 73.1 Å². The van der Waals surface area contributed by atoms with Crippen molar-refractivity contribution < 1.29 is 4.42 Å². The molecule has 9 rings (SSSR count). The van der Waals surface area contributed by atoms with E-state index in [1.54, 1.807) is 12.4 Å². The van der Waals surface area contributed by atoms with Gasteiger partial charge in [0.05, 0.1) is 27.8 Å². The molecule has 0 aliphatic rings. The van der Waals surface area contributed by atoms with Crippen LogP contribution >= 0.6 is 0 Å². The van der Waals surface area contributed by atoms with Crippen LogP contribution in [0.25, 0.3) is 83.7 Å². The number of pyridine rings is 3. The second-order valence-corrected chi connectivity index (χ2v) is 11.2. The lowest BCUT2D eigenvalue weighted by molar-refractivity contribution is 0.623. The first-order valence-corrected chi connectivity index (χ1v) is 15.1. The number of rotatable bonds is 5. The van der Waals surface area contributed by atoms with Gasteiger partial charge in [0.1, 0.15) is 5.52 Å². The summed E-state index contributed by atoms with van der Waals surface area (Å²) in [4.78, 5) is 18.4. The largest absolute Gasteiger partial charge is 0.435 e. The van der Waals surface area contributed by atoms with Gasteiger partial charge < -0.3 is 8.98 Å². The van der Waals surface area contributed by atoms with Crippen LogP contribution in [0.2, 0.25) is 0 Å². The fraction of sp³-hybridized carbons (Fsp3) is 0. The maximum Gasteiger partial charge on any atom is 0.227 e. The molecule has 0 fully saturated rings. The number of hydrogen-bond donors (Lipinski definition) is 0. The number of nitrogens with zero attached hydrogens (tertiary/aromatic N) is 5. The number of hydrogen-bond acceptors (Lipinski definition) is 5. The van der Waals surface area contributed by atoms with Crippen LogP contribution in [0.1, 0.15) is 0 Å². The summed E-state index contributed by atoms with van der Waals surface area (Å²) in [5, 5.41) is 2.16. The molecule has 0 aliphatic carbocycles. The van der Waals surface area contributed by atoms with E-state index < -0.39 is 0 Å². The van der Waals surface area contributed by atoms with Crippen LogP contribution in [0.3, 0.4) is 0 Å². The van der Waals surface area contributed by atoms with Crippen molar-refractivity contribution in [1.29, 1.82) is 0 Å². The molecule has 4 aromatic carbocycles. The van der Waals surface area contributed by atoms with Gasteiger partial charge in [0.25, 0.3) is 0 Å². The Kier molecular flexibility index (Phi) is 6.03. The molecule has 5 aromatic heterocycles. The predicted molar refractivity (Wildman–Crippen MR) is 183 cm³/mol. The SMILES string of the molecule is c1ccc(-c2nc3ccc4c(c5ccccc5n4-c4cccc(-c5cc(-c6ccncc6)cc(-c6ccncc6)n5)c4)c3o2)cc1. The molecule has 0 saturated heterocycles. The van der Waals surface area contributed by atoms with Gasteiger partial charge in [-0.05, 0) is 90.0 Å². The molecular formula is C40H25N5O. The van der Waals surface area contributed by atoms with Crippen LogP contribution in [-0.4, -0.2) is 24.5 Å². The first kappa shape index (κ1) is 26.0. The molecule has 0 unspecified atom stereocenters. The number of para-hydroxylation sites is 1. The Bertz CT molecular complexity index is 2460. The van der Waals surface area contributed by atoms with Gasteiger partial charge in [-0.25, -0.2) is 9.97 Å². The minimum Gasteiger partial charge on any atom is -0.435 e. The average Bonchev–Trinajstić information content (AvgIpc) is 3.72. The third-order valence-electron chi connectivity index (χ3n) is 8.43. The van der Waals surface area contributed by atoms with Gasteiger partial charge >= 0.3 is 0 Å². The van der Waals surface area contributed by atoms with Crippen molar-refractivity contribution in [2.45, 2.75) is 0 Å². The number of oxazole rings is 1. The van der Waals surface area contributed by atoms with Crippen molar-refractivity contribution in [2.24, 2.45) is 0 Å². The Morgan fingerprint density at radius 3 is 1.98 bits per heavy atom. The molecule has 0 atom stereocenters. The van der Waals surface area contributed by atoms with Crippen LogP contribution in [-0.2, 0) is 0 Å². The first-order chi connectivity index (χ1) is 22.8. The summed E-state index contributed by atoms with van der Waals surface area (Å²) in [7, 11) is 0. The van der Waals surface area contributed by atoms with Crippen molar-refractivity contribution >= 4 is 32.9 Å². The second kappa shape index (κ2) is 10.6. The van der Waals surface area contributed by atoms with Crippen molar-refractivity contribution in [1.82, 2.24) is 24.5 Å². The molecule has 0 aliphatic heterocycles. The zero-order valence-corrected chi connectivity index (χ0v) is 24.6. The molecule has 216 valence electrons. The zero-order valence-electron chi connectivity index (χ0n) is 24.6. The molecule has 9 aromatic rings. The molecule has 46 heavy (non-hydrogen) atoms. The van der Waals surface area contributed by atoms with Crippen LogP contribution in [0.5, 0.6) is 0 Å². The van der Waals surface area contributed by atoms with Gasteiger partial charge in [-0.1, -0.05) is 48.5 Å². The smallest absolute Gasteiger partial charge is 0.227 e. The van der Waals surface area contributed by atoms with E-state index in [2.05, 4.69) is 81.3 Å². The Balaban J connectivity index is 1.24. The molecule has 0 amide bonds. The van der Waals surface area contributed by atoms with E-state index in [0.717, 1.165) is 77.8 Å². The van der Waals surface area contributed by atoms with Gasteiger partial charge in [0.2, 0.25) is 5.89 Å². The fourth-order valence-electron chi connectivity index (χ4n) is 6.28. The van der Waals surface area contributed by atoms with E-state index >= 15 is 0 Å². The van der Waals surface area contributed by atoms with Gasteiger partial charge in [-0.2, -0.15) is 0 Å². The lowest BCUT2D eigenvalue weighted by Gasteiger charge is -2.12. The highest BCUT2D eigenvalue weighted by molar-refractivity contribution is 6.19. The topological polar surface area (TPSA) is 69.6 Å². The second-order valence-electron chi connectivity index (χ2n) is 11.2. The average molecular weight is 592 g/mol. The summed E-state index contributed by atoms with van der Waals surface area (Å²) in [5.74, 6) is 0.618. The van der Waals surface area contributed by atoms with E-state index in [9.17, 15) is 0 Å². The molecule has 6 nitrogen and oxygen atoms in total. The van der Waals surface area contributed by atoms with E-state index in [4.69, 9.17) is 14.4 Å². The summed E-state index contributed by atoms with van der Waals surface area (Å²) in [5.41, 5.74) is 11.7. The van der Waals surface area contributed by atoms with Gasteiger partial charge in [0.15, 0.2) is 5.58 Å². The van der Waals surface area contributed by atoms with Crippen molar-refractivity contribution in [3.63, 3.8) is 0 Å². The number of fused-ring (bicyclic) bond motifs is 5. The highest BCUT2D eigenvalue weighted by atomic mass is 16.3. The standard InChI is InChI=1S/C40H25N5O/c1-2-7-28(8-3-1)40-44-33-13-14-37-38(39(33)46-40)32-11-4-5-12-36(32)45(37)31-10-6-9-29(23-31)35-25-30(26-15-19-41-20-16-26)24-34(43-35)27-17-21-42-22-18-27/h1-25H. The van der Waals surface area contributed by atoms with Crippen molar-refractivity contribution in [2.75, 3.05) is 0 Å².